The van der Waals surface area contributed by atoms with Crippen LogP contribution in [0.4, 0.5) is 0 Å². The number of carbonyl (C=O) groups is 19. The number of unbranched alkanes of at least 4 members (excludes halogenated alkanes) is 30. The molecule has 14 amide bonds. The smallest absolute Gasteiger partial charge is 0.303 e. The number of rotatable bonds is 78. The summed E-state index contributed by atoms with van der Waals surface area (Å²) in [5.74, 6) is -13.1. The molecule has 3 aliphatic rings. The molecule has 3 fully saturated rings. The Hall–Kier alpha value is -9.47. The molecule has 0 aromatic heterocycles. The molecule has 0 spiro atoms. The van der Waals surface area contributed by atoms with Crippen LogP contribution in [0.25, 0.3) is 0 Å². The number of carboxylic acids is 2. The lowest BCUT2D eigenvalue weighted by Gasteiger charge is -2.28. The van der Waals surface area contributed by atoms with E-state index in [1.807, 2.05) is 0 Å². The summed E-state index contributed by atoms with van der Waals surface area (Å²) in [6.07, 6.45) is 36.9. The van der Waals surface area contributed by atoms with Crippen molar-refractivity contribution >= 4 is 113 Å². The van der Waals surface area contributed by atoms with Crippen molar-refractivity contribution in [2.24, 2.45) is 5.92 Å². The van der Waals surface area contributed by atoms with Gasteiger partial charge in [0.1, 0.15) is 67.2 Å². The highest BCUT2D eigenvalue weighted by molar-refractivity contribution is 5.97. The van der Waals surface area contributed by atoms with Crippen LogP contribution in [0, 0.1) is 5.92 Å². The van der Waals surface area contributed by atoms with Crippen LogP contribution < -0.4 is 58.5 Å². The van der Waals surface area contributed by atoms with E-state index in [2.05, 4.69) is 79.3 Å². The van der Waals surface area contributed by atoms with Gasteiger partial charge in [0.25, 0.3) is 0 Å². The van der Waals surface area contributed by atoms with Crippen LogP contribution in [0.3, 0.4) is 0 Å². The van der Waals surface area contributed by atoms with Gasteiger partial charge in [-0.05, 0) is 89.9 Å². The van der Waals surface area contributed by atoms with Crippen molar-refractivity contribution in [3.8, 4) is 0 Å². The summed E-state index contributed by atoms with van der Waals surface area (Å²) in [5.41, 5.74) is 0. The number of aldehydes is 3. The van der Waals surface area contributed by atoms with Crippen molar-refractivity contribution < 1.29 is 101 Å². The Balaban J connectivity index is 1.72. The van der Waals surface area contributed by atoms with E-state index in [0.717, 1.165) is 77.0 Å². The minimum atomic E-state index is -1.49. The first-order valence-electron chi connectivity index (χ1n) is 49.1. The quantitative estimate of drug-likeness (QED) is 0.0201. The first-order valence-corrected chi connectivity index (χ1v) is 49.1. The van der Waals surface area contributed by atoms with Crippen LogP contribution in [0.5, 0.6) is 0 Å². The highest BCUT2D eigenvalue weighted by Gasteiger charge is 2.40. The van der Waals surface area contributed by atoms with Crippen molar-refractivity contribution in [3.05, 3.63) is 0 Å². The average Bonchev–Trinajstić information content (AvgIpc) is 1.72. The normalized spacial score (nSPS) is 16.1. The number of hydrogen-bond acceptors (Lipinski definition) is 19. The molecular weight excluding hydrogens is 1660 g/mol. The molecule has 0 aromatic carbocycles. The molecule has 129 heavy (non-hydrogen) atoms. The molecule has 3 rings (SSSR count). The second-order valence-corrected chi connectivity index (χ2v) is 35.0. The maximum Gasteiger partial charge on any atom is 0.303 e. The van der Waals surface area contributed by atoms with E-state index < -0.39 is 157 Å². The van der Waals surface area contributed by atoms with Gasteiger partial charge in [-0.25, -0.2) is 0 Å². The first kappa shape index (κ1) is 114. The summed E-state index contributed by atoms with van der Waals surface area (Å²) in [5, 5.41) is 47.6. The molecule has 3 heterocycles. The predicted molar refractivity (Wildman–Crippen MR) is 488 cm³/mol. The van der Waals surface area contributed by atoms with E-state index in [1.165, 1.54) is 130 Å². The fraction of sp³-hybridized carbons (Fsp3) is 0.798. The lowest BCUT2D eigenvalue weighted by molar-refractivity contribution is -0.140. The summed E-state index contributed by atoms with van der Waals surface area (Å²) < 4.78 is 0. The zero-order valence-electron chi connectivity index (χ0n) is 78.0. The van der Waals surface area contributed by atoms with Gasteiger partial charge in [-0.2, -0.15) is 0 Å². The topological polar surface area (TPSA) is 507 Å². The van der Waals surface area contributed by atoms with Crippen molar-refractivity contribution in [2.75, 3.05) is 58.9 Å². The van der Waals surface area contributed by atoms with Gasteiger partial charge in [0.2, 0.25) is 82.7 Å². The van der Waals surface area contributed by atoms with E-state index in [4.69, 9.17) is 0 Å². The van der Waals surface area contributed by atoms with Crippen LogP contribution in [0.2, 0.25) is 0 Å². The number of carbonyl (C=O) groups excluding carboxylic acids is 17. The van der Waals surface area contributed by atoms with Crippen molar-refractivity contribution in [3.63, 3.8) is 0 Å². The molecule has 9 unspecified atom stereocenters. The van der Waals surface area contributed by atoms with Gasteiger partial charge < -0.3 is 97.8 Å². The number of amides is 14. The van der Waals surface area contributed by atoms with E-state index in [0.29, 0.717) is 96.3 Å². The lowest BCUT2D eigenvalue weighted by atomic mass is 9.99. The Bertz CT molecular complexity index is 3400. The fourth-order valence-corrected chi connectivity index (χ4v) is 16.7. The minimum absolute atomic E-state index is 0.179. The molecule has 3 saturated heterocycles. The van der Waals surface area contributed by atoms with Gasteiger partial charge in [-0.1, -0.05) is 213 Å². The number of nitrogens with one attached hydrogen (secondary N) is 11. The molecule has 0 aromatic rings. The maximum atomic E-state index is 14.1. The predicted octanol–water partition coefficient (Wildman–Crippen LogP) is 8.25. The van der Waals surface area contributed by atoms with Crippen LogP contribution in [0.1, 0.15) is 367 Å². The maximum absolute atomic E-state index is 14.1. The number of nitrogens with zero attached hydrogens (tertiary/aromatic N) is 3. The minimum Gasteiger partial charge on any atom is -0.481 e. The van der Waals surface area contributed by atoms with E-state index >= 15 is 0 Å². The van der Waals surface area contributed by atoms with E-state index in [9.17, 15) is 101 Å². The summed E-state index contributed by atoms with van der Waals surface area (Å²) in [6, 6.07) is -9.67. The van der Waals surface area contributed by atoms with Gasteiger partial charge >= 0.3 is 11.9 Å². The third-order valence-electron chi connectivity index (χ3n) is 24.2. The zero-order valence-corrected chi connectivity index (χ0v) is 78.0. The van der Waals surface area contributed by atoms with Crippen molar-refractivity contribution in [1.82, 2.24) is 73.2 Å². The Morgan fingerprint density at radius 2 is 0.519 bits per heavy atom. The summed E-state index contributed by atoms with van der Waals surface area (Å²) >= 11 is 0. The summed E-state index contributed by atoms with van der Waals surface area (Å²) in [7, 11) is 0. The summed E-state index contributed by atoms with van der Waals surface area (Å²) in [4.78, 5) is 256. The highest BCUT2D eigenvalue weighted by Crippen LogP contribution is 2.26. The summed E-state index contributed by atoms with van der Waals surface area (Å²) in [6.45, 7) is 5.79. The lowest BCUT2D eigenvalue weighted by Crippen LogP contribution is -2.58. The molecule has 9 atom stereocenters. The molecule has 0 radical (unpaired) electrons. The van der Waals surface area contributed by atoms with Gasteiger partial charge in [0, 0.05) is 123 Å². The van der Waals surface area contributed by atoms with Gasteiger partial charge in [-0.3, -0.25) is 76.7 Å². The molecule has 0 aliphatic carbocycles. The van der Waals surface area contributed by atoms with Gasteiger partial charge in [0.05, 0.1) is 5.92 Å². The number of hydrogen-bond donors (Lipinski definition) is 13. The highest BCUT2D eigenvalue weighted by atomic mass is 16.4. The monoisotopic (exact) mass is 1820 g/mol. The average molecular weight is 1820 g/mol. The van der Waals surface area contributed by atoms with E-state index in [1.54, 1.807) is 0 Å². The Morgan fingerprint density at radius 3 is 0.783 bits per heavy atom. The third-order valence-corrected chi connectivity index (χ3v) is 24.2. The molecule has 0 saturated carbocycles. The number of likely N-dealkylation sites (tertiary alicyclic amines) is 3. The standard InChI is InChI=1S/C94H160N14O21/c1-4-7-10-13-16-19-22-25-28-31-34-49-81(114)106-62-37-46-76(106)92(127)103-73(45-42-67-111)91(126)102-72(44-41-66-110)90(125)101-71(43-40-65-109)87(122)98-58-56-95-79(112)68-70(86(121)97-60-61-100-89(124)75(53-55-85(119)120)105-94(129)78-48-39-64-108(78)83(116)51-36-33-30-27-24-21-18-15-12-9-6-3)69-80(113)96-57-59-99-88(123)74(52-54-84(117)118)104-93(128)77-47-38-63-107(77)82(115)50-35-32-29-26-23-20-17-14-11-8-5-2/h65-67,70-78H,4-64,68-69H2,1-3H3,(H,95,112)(H,96,113)(H,97,121)(H,98,122)(H,99,123)(H,100,124)(H,101,125)(H,102,126)(H,103,127)(H,104,128)(H,105,129)(H,117,118)(H,119,120). The largest absolute Gasteiger partial charge is 0.481 e. The fourth-order valence-electron chi connectivity index (χ4n) is 16.7. The van der Waals surface area contributed by atoms with Crippen molar-refractivity contribution in [2.45, 2.75) is 416 Å². The van der Waals surface area contributed by atoms with Crippen LogP contribution in [0.15, 0.2) is 0 Å². The van der Waals surface area contributed by atoms with Gasteiger partial charge in [-0.15, -0.1) is 0 Å². The van der Waals surface area contributed by atoms with E-state index in [-0.39, 0.29) is 128 Å². The Kier molecular flexibility index (Phi) is 62.9. The van der Waals surface area contributed by atoms with Crippen LogP contribution in [-0.4, -0.2) is 246 Å². The van der Waals surface area contributed by atoms with Crippen LogP contribution in [-0.2, 0) is 91.1 Å². The second kappa shape index (κ2) is 71.3. The van der Waals surface area contributed by atoms with Crippen LogP contribution >= 0.6 is 0 Å². The second-order valence-electron chi connectivity index (χ2n) is 35.0. The SMILES string of the molecule is CCCCCCCCCCCCCC(=O)N1CCCC1C(=O)NC(CCC(=O)O)C(=O)NCCNC(=O)CC(CC(=O)NCCNC(=O)C(CCC=O)NC(=O)C(CCC=O)NC(=O)C(CCC=O)NC(=O)C1CCCN1C(=O)CCCCCCCCCCCCC)C(=O)NCCNC(=O)C(CCC(=O)O)NC(=O)C1CCCN1C(=O)CCCCCCCCCCCCC. The third kappa shape index (κ3) is 50.5. The molecule has 3 aliphatic heterocycles. The van der Waals surface area contributed by atoms with Gasteiger partial charge in [0.15, 0.2) is 0 Å². The number of carboxylic acid groups (broad SMARTS) is 2. The molecule has 13 N–H and O–H groups in total. The molecular formula is C94H160N14O21. The number of aliphatic carboxylic acids is 2. The zero-order chi connectivity index (χ0) is 94.6. The molecule has 0 bridgehead atoms. The Morgan fingerprint density at radius 1 is 0.287 bits per heavy atom. The van der Waals surface area contributed by atoms with Crippen molar-refractivity contribution in [1.29, 1.82) is 0 Å². The molecule has 732 valence electrons. The molecule has 35 nitrogen and oxygen atoms in total. The molecule has 35 heteroatoms. The first-order chi connectivity index (χ1) is 62.3. The Labute approximate surface area is 765 Å².